The van der Waals surface area contributed by atoms with Gasteiger partial charge in [0.2, 0.25) is 5.91 Å². The Kier molecular flexibility index (Phi) is 8.33. The summed E-state index contributed by atoms with van der Waals surface area (Å²) in [5, 5.41) is 13.1. The number of aryl methyl sites for hydroxylation is 1. The van der Waals surface area contributed by atoms with Crippen molar-refractivity contribution in [3.63, 3.8) is 0 Å². The van der Waals surface area contributed by atoms with Crippen molar-refractivity contribution in [3.05, 3.63) is 59.2 Å². The predicted molar refractivity (Wildman–Crippen MR) is 104 cm³/mol. The lowest BCUT2D eigenvalue weighted by Gasteiger charge is -2.10. The molecule has 8 heteroatoms. The Bertz CT molecular complexity index is 810. The fraction of sp³-hybridized carbons (Fsp3) is 0.381. The second-order valence-corrected chi connectivity index (χ2v) is 6.76. The molecule has 1 amide bonds. The van der Waals surface area contributed by atoms with E-state index >= 15 is 0 Å². The van der Waals surface area contributed by atoms with Crippen LogP contribution in [0.4, 0.5) is 13.2 Å². The lowest BCUT2D eigenvalue weighted by Crippen LogP contribution is -2.22. The quantitative estimate of drug-likeness (QED) is 0.497. The molecular weight excluding hydrogens is 385 g/mol. The van der Waals surface area contributed by atoms with E-state index < -0.39 is 18.5 Å². The molecule has 29 heavy (non-hydrogen) atoms. The number of carbonyl (C=O) groups is 1. The maximum absolute atomic E-state index is 12.5. The second kappa shape index (κ2) is 10.7. The van der Waals surface area contributed by atoms with E-state index in [1.807, 2.05) is 6.07 Å². The van der Waals surface area contributed by atoms with E-state index in [1.165, 1.54) is 12.1 Å². The molecule has 0 aliphatic rings. The fourth-order valence-corrected chi connectivity index (χ4v) is 2.90. The lowest BCUT2D eigenvalue weighted by molar-refractivity contribution is -0.127. The Hall–Kier alpha value is -2.74. The Morgan fingerprint density at radius 3 is 2.52 bits per heavy atom. The van der Waals surface area contributed by atoms with Crippen molar-refractivity contribution in [1.29, 1.82) is 0 Å². The monoisotopic (exact) mass is 410 g/mol. The first-order chi connectivity index (χ1) is 13.7. The summed E-state index contributed by atoms with van der Waals surface area (Å²) in [5.41, 5.74) is 6.88. The molecule has 0 bridgehead atoms. The van der Waals surface area contributed by atoms with E-state index in [0.717, 1.165) is 12.0 Å². The highest BCUT2D eigenvalue weighted by atomic mass is 19.4. The standard InChI is InChI=1S/C21H25F3N2O3/c22-21(23,24)14-17-4-1-3-15(11-17)5-2-8-26-9-10-29-19-7-6-16(12-18(19)27)13-20(25)28/h1,3-4,6-7,11-12,26-27H,2,5,8-10,13-14H2,(H2,25,28). The number of alkyl halides is 3. The number of phenols is 1. The lowest BCUT2D eigenvalue weighted by atomic mass is 10.0. The average Bonchev–Trinajstić information content (AvgIpc) is 2.61. The normalized spacial score (nSPS) is 11.4. The van der Waals surface area contributed by atoms with Crippen LogP contribution in [0.15, 0.2) is 42.5 Å². The molecule has 0 saturated heterocycles. The summed E-state index contributed by atoms with van der Waals surface area (Å²) in [7, 11) is 0. The van der Waals surface area contributed by atoms with Crippen LogP contribution in [0.1, 0.15) is 23.1 Å². The largest absolute Gasteiger partial charge is 0.504 e. The third-order valence-electron chi connectivity index (χ3n) is 4.15. The van der Waals surface area contributed by atoms with Gasteiger partial charge >= 0.3 is 6.18 Å². The number of primary amides is 1. The van der Waals surface area contributed by atoms with Gasteiger partial charge in [-0.15, -0.1) is 0 Å². The first-order valence-electron chi connectivity index (χ1n) is 9.31. The summed E-state index contributed by atoms with van der Waals surface area (Å²) < 4.78 is 42.9. The van der Waals surface area contributed by atoms with Gasteiger partial charge in [0.15, 0.2) is 11.5 Å². The van der Waals surface area contributed by atoms with Crippen molar-refractivity contribution >= 4 is 5.91 Å². The molecule has 0 aliphatic heterocycles. The Morgan fingerprint density at radius 1 is 1.07 bits per heavy atom. The first-order valence-corrected chi connectivity index (χ1v) is 9.31. The van der Waals surface area contributed by atoms with Crippen LogP contribution in [-0.4, -0.2) is 36.9 Å². The van der Waals surface area contributed by atoms with Crippen molar-refractivity contribution in [2.24, 2.45) is 5.73 Å². The number of benzene rings is 2. The molecule has 2 aromatic carbocycles. The number of hydrogen-bond donors (Lipinski definition) is 3. The number of phenolic OH excluding ortho intramolecular Hbond substituents is 1. The molecule has 158 valence electrons. The van der Waals surface area contributed by atoms with Crippen LogP contribution in [0, 0.1) is 0 Å². The number of ether oxygens (including phenoxy) is 1. The Balaban J connectivity index is 1.64. The molecule has 0 atom stereocenters. The van der Waals surface area contributed by atoms with Crippen molar-refractivity contribution < 1.29 is 27.8 Å². The summed E-state index contributed by atoms with van der Waals surface area (Å²) in [6, 6.07) is 11.3. The van der Waals surface area contributed by atoms with Crippen molar-refractivity contribution in [1.82, 2.24) is 5.32 Å². The molecule has 0 saturated carbocycles. The van der Waals surface area contributed by atoms with E-state index in [4.69, 9.17) is 10.5 Å². The molecule has 2 aromatic rings. The van der Waals surface area contributed by atoms with Gasteiger partial charge in [0.05, 0.1) is 12.8 Å². The van der Waals surface area contributed by atoms with Gasteiger partial charge in [0.25, 0.3) is 0 Å². The number of halogens is 3. The van der Waals surface area contributed by atoms with Gasteiger partial charge in [-0.3, -0.25) is 4.79 Å². The molecule has 0 aromatic heterocycles. The van der Waals surface area contributed by atoms with Crippen molar-refractivity contribution in [3.8, 4) is 11.5 Å². The van der Waals surface area contributed by atoms with Crippen LogP contribution in [0.2, 0.25) is 0 Å². The number of amides is 1. The highest BCUT2D eigenvalue weighted by Gasteiger charge is 2.27. The molecule has 4 N–H and O–H groups in total. The van der Waals surface area contributed by atoms with Crippen molar-refractivity contribution in [2.45, 2.75) is 31.9 Å². The minimum atomic E-state index is -4.20. The molecule has 5 nitrogen and oxygen atoms in total. The molecular formula is C21H25F3N2O3. The molecule has 0 radical (unpaired) electrons. The molecule has 0 spiro atoms. The highest BCUT2D eigenvalue weighted by Crippen LogP contribution is 2.26. The van der Waals surface area contributed by atoms with Crippen LogP contribution in [0.3, 0.4) is 0 Å². The SMILES string of the molecule is NC(=O)Cc1ccc(OCCNCCCc2cccc(CC(F)(F)F)c2)c(O)c1. The van der Waals surface area contributed by atoms with Crippen LogP contribution >= 0.6 is 0 Å². The maximum Gasteiger partial charge on any atom is 0.393 e. The minimum Gasteiger partial charge on any atom is -0.504 e. The molecule has 0 heterocycles. The number of nitrogens with one attached hydrogen (secondary N) is 1. The van der Waals surface area contributed by atoms with E-state index in [-0.39, 0.29) is 17.7 Å². The average molecular weight is 410 g/mol. The minimum absolute atomic E-state index is 0.0501. The van der Waals surface area contributed by atoms with Gasteiger partial charge < -0.3 is 20.9 Å². The number of hydrogen-bond acceptors (Lipinski definition) is 4. The Labute approximate surface area is 167 Å². The number of nitrogens with two attached hydrogens (primary N) is 1. The third-order valence-corrected chi connectivity index (χ3v) is 4.15. The van der Waals surface area contributed by atoms with E-state index in [2.05, 4.69) is 5.32 Å². The van der Waals surface area contributed by atoms with Crippen molar-refractivity contribution in [2.75, 3.05) is 19.7 Å². The van der Waals surface area contributed by atoms with Crippen LogP contribution in [0.25, 0.3) is 0 Å². The van der Waals surface area contributed by atoms with Gasteiger partial charge in [-0.1, -0.05) is 30.3 Å². The third kappa shape index (κ3) is 8.87. The van der Waals surface area contributed by atoms with Gasteiger partial charge in [-0.05, 0) is 48.2 Å². The summed E-state index contributed by atoms with van der Waals surface area (Å²) in [6.45, 7) is 1.58. The topological polar surface area (TPSA) is 84.6 Å². The summed E-state index contributed by atoms with van der Waals surface area (Å²) in [6.07, 6.45) is -3.59. The van der Waals surface area contributed by atoms with Gasteiger partial charge in [0, 0.05) is 6.54 Å². The molecule has 0 fully saturated rings. The van der Waals surface area contributed by atoms with E-state index in [1.54, 1.807) is 24.3 Å². The van der Waals surface area contributed by atoms with Crippen LogP contribution < -0.4 is 15.8 Å². The number of carbonyl (C=O) groups excluding carboxylic acids is 1. The van der Waals surface area contributed by atoms with Gasteiger partial charge in [-0.2, -0.15) is 13.2 Å². The second-order valence-electron chi connectivity index (χ2n) is 6.76. The predicted octanol–water partition coefficient (Wildman–Crippen LogP) is 3.13. The molecule has 0 unspecified atom stereocenters. The first kappa shape index (κ1) is 22.5. The zero-order valence-electron chi connectivity index (χ0n) is 16.0. The van der Waals surface area contributed by atoms with Gasteiger partial charge in [-0.25, -0.2) is 0 Å². The highest BCUT2D eigenvalue weighted by molar-refractivity contribution is 5.76. The molecule has 2 rings (SSSR count). The maximum atomic E-state index is 12.5. The van der Waals surface area contributed by atoms with E-state index in [0.29, 0.717) is 37.4 Å². The summed E-state index contributed by atoms with van der Waals surface area (Å²) >= 11 is 0. The van der Waals surface area contributed by atoms with Gasteiger partial charge in [0.1, 0.15) is 6.61 Å². The number of aromatic hydroxyl groups is 1. The smallest absolute Gasteiger partial charge is 0.393 e. The summed E-state index contributed by atoms with van der Waals surface area (Å²) in [4.78, 5) is 10.9. The Morgan fingerprint density at radius 2 is 1.83 bits per heavy atom. The van der Waals surface area contributed by atoms with Crippen LogP contribution in [0.5, 0.6) is 11.5 Å². The molecule has 0 aliphatic carbocycles. The fourth-order valence-electron chi connectivity index (χ4n) is 2.90. The zero-order valence-corrected chi connectivity index (χ0v) is 16.0. The zero-order chi connectivity index (χ0) is 21.3. The number of rotatable bonds is 11. The summed E-state index contributed by atoms with van der Waals surface area (Å²) in [5.74, 6) is -0.210. The van der Waals surface area contributed by atoms with Crippen LogP contribution in [-0.2, 0) is 24.1 Å². The van der Waals surface area contributed by atoms with E-state index in [9.17, 15) is 23.1 Å².